The number of hydrogen-bond acceptors (Lipinski definition) is 2. The summed E-state index contributed by atoms with van der Waals surface area (Å²) >= 11 is 0. The number of rotatable bonds is 0. The Hall–Kier alpha value is -0.920. The predicted molar refractivity (Wildman–Crippen MR) is 35.4 cm³/mol. The van der Waals surface area contributed by atoms with Gasteiger partial charge in [-0.2, -0.15) is 0 Å². The third kappa shape index (κ3) is 0.589. The Labute approximate surface area is 58.9 Å². The van der Waals surface area contributed by atoms with Gasteiger partial charge in [0.15, 0.2) is 5.78 Å². The molecule has 52 valence electrons. The molecule has 2 aliphatic carbocycles. The van der Waals surface area contributed by atoms with Crippen LogP contribution in [0, 0.1) is 11.8 Å². The van der Waals surface area contributed by atoms with Crippen molar-refractivity contribution < 1.29 is 9.59 Å². The molecule has 0 spiro atoms. The second-order valence-corrected chi connectivity index (χ2v) is 2.93. The lowest BCUT2D eigenvalue weighted by atomic mass is 10.00. The zero-order valence-electron chi connectivity index (χ0n) is 5.54. The van der Waals surface area contributed by atoms with E-state index in [1.165, 1.54) is 0 Å². The van der Waals surface area contributed by atoms with Gasteiger partial charge in [-0.25, -0.2) is 0 Å². The molecule has 2 rings (SSSR count). The van der Waals surface area contributed by atoms with Crippen LogP contribution in [0.4, 0.5) is 0 Å². The van der Waals surface area contributed by atoms with Gasteiger partial charge in [-0.3, -0.25) is 9.59 Å². The van der Waals surface area contributed by atoms with Crippen molar-refractivity contribution in [2.75, 3.05) is 0 Å². The maximum absolute atomic E-state index is 11.0. The van der Waals surface area contributed by atoms with Gasteiger partial charge in [0.2, 0.25) is 5.78 Å². The minimum absolute atomic E-state index is 0.0208. The van der Waals surface area contributed by atoms with Crippen molar-refractivity contribution in [3.05, 3.63) is 12.2 Å². The highest BCUT2D eigenvalue weighted by molar-refractivity contribution is 6.40. The number of hydrogen-bond donors (Lipinski definition) is 0. The van der Waals surface area contributed by atoms with Gasteiger partial charge in [-0.1, -0.05) is 12.2 Å². The number of ketones is 2. The monoisotopic (exact) mass is 136 g/mol. The molecule has 0 aromatic carbocycles. The molecule has 2 nitrogen and oxygen atoms in total. The number of Topliss-reactive ketones (excluding diaryl/α,β-unsaturated/α-hetero) is 2. The van der Waals surface area contributed by atoms with E-state index in [-0.39, 0.29) is 23.4 Å². The summed E-state index contributed by atoms with van der Waals surface area (Å²) in [7, 11) is 0. The molecule has 1 saturated carbocycles. The molecule has 10 heavy (non-hydrogen) atoms. The van der Waals surface area contributed by atoms with E-state index in [1.807, 2.05) is 12.2 Å². The van der Waals surface area contributed by atoms with Crippen LogP contribution in [0.3, 0.4) is 0 Å². The average molecular weight is 136 g/mol. The molecule has 0 N–H and O–H groups in total. The largest absolute Gasteiger partial charge is 0.291 e. The van der Waals surface area contributed by atoms with Crippen LogP contribution < -0.4 is 0 Å². The van der Waals surface area contributed by atoms with Crippen molar-refractivity contribution in [1.82, 2.24) is 0 Å². The molecule has 0 aromatic heterocycles. The molecule has 1 fully saturated rings. The topological polar surface area (TPSA) is 34.1 Å². The van der Waals surface area contributed by atoms with E-state index in [0.717, 1.165) is 6.42 Å². The van der Waals surface area contributed by atoms with Crippen LogP contribution in [0.25, 0.3) is 0 Å². The Morgan fingerprint density at radius 1 is 1.40 bits per heavy atom. The van der Waals surface area contributed by atoms with E-state index < -0.39 is 0 Å². The van der Waals surface area contributed by atoms with Gasteiger partial charge in [-0.05, 0) is 12.3 Å². The number of allylic oxidation sites excluding steroid dienone is 2. The molecule has 2 heteroatoms. The first kappa shape index (κ1) is 5.83. The molecule has 2 unspecified atom stereocenters. The first-order valence-electron chi connectivity index (χ1n) is 3.53. The van der Waals surface area contributed by atoms with Crippen LogP contribution in [-0.4, -0.2) is 11.6 Å². The van der Waals surface area contributed by atoms with Crippen LogP contribution in [0.5, 0.6) is 0 Å². The van der Waals surface area contributed by atoms with Crippen molar-refractivity contribution in [3.63, 3.8) is 0 Å². The summed E-state index contributed by atoms with van der Waals surface area (Å²) in [6.45, 7) is 0. The van der Waals surface area contributed by atoms with Crippen LogP contribution in [0.2, 0.25) is 0 Å². The van der Waals surface area contributed by atoms with Crippen LogP contribution in [0.1, 0.15) is 12.8 Å². The van der Waals surface area contributed by atoms with Crippen LogP contribution in [0.15, 0.2) is 12.2 Å². The number of fused-ring (bicyclic) bond motifs is 1. The fraction of sp³-hybridized carbons (Fsp3) is 0.500. The summed E-state index contributed by atoms with van der Waals surface area (Å²) in [5.74, 6) is -0.0400. The maximum Gasteiger partial charge on any atom is 0.202 e. The molecule has 0 saturated heterocycles. The van der Waals surface area contributed by atoms with Crippen molar-refractivity contribution >= 4 is 11.6 Å². The Kier molecular flexibility index (Phi) is 1.04. The summed E-state index contributed by atoms with van der Waals surface area (Å²) in [6.07, 6.45) is 5.24. The van der Waals surface area contributed by atoms with E-state index in [9.17, 15) is 9.59 Å². The Balaban J connectivity index is 2.30. The lowest BCUT2D eigenvalue weighted by Crippen LogP contribution is -2.12. The molecule has 0 aromatic rings. The smallest absolute Gasteiger partial charge is 0.202 e. The molecule has 0 heterocycles. The first-order valence-corrected chi connectivity index (χ1v) is 3.53. The zero-order valence-corrected chi connectivity index (χ0v) is 5.54. The highest BCUT2D eigenvalue weighted by atomic mass is 16.2. The normalized spacial score (nSPS) is 37.2. The third-order valence-corrected chi connectivity index (χ3v) is 2.32. The molecule has 0 amide bonds. The highest BCUT2D eigenvalue weighted by Gasteiger charge is 2.40. The van der Waals surface area contributed by atoms with Gasteiger partial charge < -0.3 is 0 Å². The van der Waals surface area contributed by atoms with Gasteiger partial charge in [0.1, 0.15) is 0 Å². The second-order valence-electron chi connectivity index (χ2n) is 2.93. The van der Waals surface area contributed by atoms with Gasteiger partial charge in [0.05, 0.1) is 0 Å². The molecule has 2 atom stereocenters. The SMILES string of the molecule is O=C1CC2C=CCC2C1=O. The lowest BCUT2D eigenvalue weighted by molar-refractivity contribution is -0.135. The highest BCUT2D eigenvalue weighted by Crippen LogP contribution is 2.34. The Morgan fingerprint density at radius 3 is 2.90 bits per heavy atom. The van der Waals surface area contributed by atoms with Gasteiger partial charge >= 0.3 is 0 Å². The third-order valence-electron chi connectivity index (χ3n) is 2.32. The minimum atomic E-state index is -0.167. The summed E-state index contributed by atoms with van der Waals surface area (Å²) in [6, 6.07) is 0. The van der Waals surface area contributed by atoms with E-state index in [0.29, 0.717) is 6.42 Å². The summed E-state index contributed by atoms with van der Waals surface area (Å²) in [4.78, 5) is 21.8. The van der Waals surface area contributed by atoms with Crippen molar-refractivity contribution in [3.8, 4) is 0 Å². The van der Waals surface area contributed by atoms with Gasteiger partial charge in [0.25, 0.3) is 0 Å². The van der Waals surface area contributed by atoms with E-state index >= 15 is 0 Å². The Morgan fingerprint density at radius 2 is 2.20 bits per heavy atom. The summed E-state index contributed by atoms with van der Waals surface area (Å²) in [5.41, 5.74) is 0. The Bertz CT molecular complexity index is 227. The molecule has 2 aliphatic rings. The van der Waals surface area contributed by atoms with Crippen LogP contribution in [-0.2, 0) is 9.59 Å². The molecular formula is C8H8O2. The number of carbonyl (C=O) groups excluding carboxylic acids is 2. The summed E-state index contributed by atoms with van der Waals surface area (Å²) < 4.78 is 0. The van der Waals surface area contributed by atoms with Gasteiger partial charge in [-0.15, -0.1) is 0 Å². The fourth-order valence-electron chi connectivity index (χ4n) is 1.74. The molecule has 0 bridgehead atoms. The molecular weight excluding hydrogens is 128 g/mol. The van der Waals surface area contributed by atoms with Crippen molar-refractivity contribution in [2.45, 2.75) is 12.8 Å². The first-order chi connectivity index (χ1) is 4.79. The minimum Gasteiger partial charge on any atom is -0.291 e. The van der Waals surface area contributed by atoms with Gasteiger partial charge in [0, 0.05) is 12.3 Å². The second kappa shape index (κ2) is 1.78. The standard InChI is InChI=1S/C8H8O2/c9-7-4-5-2-1-3-6(5)8(7)10/h1-2,5-6H,3-4H2. The van der Waals surface area contributed by atoms with Crippen LogP contribution >= 0.6 is 0 Å². The fourth-order valence-corrected chi connectivity index (χ4v) is 1.74. The number of carbonyl (C=O) groups is 2. The summed E-state index contributed by atoms with van der Waals surface area (Å²) in [5, 5.41) is 0. The van der Waals surface area contributed by atoms with Crippen molar-refractivity contribution in [1.29, 1.82) is 0 Å². The van der Waals surface area contributed by atoms with E-state index in [4.69, 9.17) is 0 Å². The molecule has 0 radical (unpaired) electrons. The average Bonchev–Trinajstić information content (AvgIpc) is 2.41. The maximum atomic E-state index is 11.0. The van der Waals surface area contributed by atoms with Crippen molar-refractivity contribution in [2.24, 2.45) is 11.8 Å². The van der Waals surface area contributed by atoms with E-state index in [2.05, 4.69) is 0 Å². The molecule has 0 aliphatic heterocycles. The quantitative estimate of drug-likeness (QED) is 0.363. The van der Waals surface area contributed by atoms with E-state index in [1.54, 1.807) is 0 Å². The predicted octanol–water partition coefficient (Wildman–Crippen LogP) is 0.721. The zero-order chi connectivity index (χ0) is 7.14. The lowest BCUT2D eigenvalue weighted by Gasteiger charge is -2.01.